The first-order chi connectivity index (χ1) is 15.7. The number of anilines is 1. The van der Waals surface area contributed by atoms with Crippen LogP contribution in [0.25, 0.3) is 11.0 Å². The van der Waals surface area contributed by atoms with Crippen LogP contribution in [-0.4, -0.2) is 43.8 Å². The fourth-order valence-electron chi connectivity index (χ4n) is 3.62. The van der Waals surface area contributed by atoms with E-state index in [9.17, 15) is 19.2 Å². The van der Waals surface area contributed by atoms with E-state index in [1.807, 2.05) is 0 Å². The average Bonchev–Trinajstić information content (AvgIpc) is 3.17. The normalized spacial score (nSPS) is 12.1. The Morgan fingerprint density at radius 2 is 1.85 bits per heavy atom. The summed E-state index contributed by atoms with van der Waals surface area (Å²) >= 11 is 0. The van der Waals surface area contributed by atoms with E-state index in [1.165, 1.54) is 0 Å². The van der Waals surface area contributed by atoms with Crippen LogP contribution in [0.4, 0.5) is 5.95 Å². The zero-order chi connectivity index (χ0) is 24.1. The van der Waals surface area contributed by atoms with Crippen LogP contribution in [0.15, 0.2) is 35.3 Å². The number of nitrogens with zero attached hydrogens (tertiary/aromatic N) is 1. The second kappa shape index (κ2) is 10.1. The van der Waals surface area contributed by atoms with E-state index in [0.29, 0.717) is 29.4 Å². The van der Waals surface area contributed by atoms with Gasteiger partial charge in [0, 0.05) is 24.1 Å². The molecule has 3 rings (SSSR count). The summed E-state index contributed by atoms with van der Waals surface area (Å²) in [4.78, 5) is 57.6. The second-order valence-corrected chi connectivity index (χ2v) is 8.20. The molecule has 0 fully saturated rings. The van der Waals surface area contributed by atoms with Gasteiger partial charge in [-0.2, -0.15) is 4.98 Å². The first-order valence-electron chi connectivity index (χ1n) is 10.7. The van der Waals surface area contributed by atoms with Gasteiger partial charge in [0.15, 0.2) is 5.78 Å². The number of carboxylic acid groups (broad SMARTS) is 1. The Labute approximate surface area is 189 Å². The predicted molar refractivity (Wildman–Crippen MR) is 123 cm³/mol. The standard InChI is InChI=1S/C23H27N5O5/c1-12(2)19(31)16(9-10-17(29)30)26-21(32)14-6-3-13(4-7-14)5-8-15-11-25-20-18(15)22(33)28-23(24)27-20/h3-4,6-7,11-12,16H,5,8-10H2,1-2H3,(H,26,32)(H,29,30)(H4,24,25,27,28,33)/t16-/m0/s1. The van der Waals surface area contributed by atoms with E-state index in [4.69, 9.17) is 10.8 Å². The van der Waals surface area contributed by atoms with Crippen LogP contribution >= 0.6 is 0 Å². The highest BCUT2D eigenvalue weighted by molar-refractivity contribution is 5.98. The number of benzene rings is 1. The molecule has 0 radical (unpaired) electrons. The molecule has 2 heterocycles. The largest absolute Gasteiger partial charge is 0.481 e. The molecule has 0 unspecified atom stereocenters. The number of carbonyl (C=O) groups excluding carboxylic acids is 2. The van der Waals surface area contributed by atoms with Crippen LogP contribution in [-0.2, 0) is 22.4 Å². The molecule has 1 amide bonds. The predicted octanol–water partition coefficient (Wildman–Crippen LogP) is 1.81. The van der Waals surface area contributed by atoms with E-state index in [2.05, 4.69) is 20.3 Å². The van der Waals surface area contributed by atoms with Gasteiger partial charge in [0.25, 0.3) is 11.5 Å². The summed E-state index contributed by atoms with van der Waals surface area (Å²) < 4.78 is 0. The van der Waals surface area contributed by atoms with Gasteiger partial charge in [-0.25, -0.2) is 0 Å². The summed E-state index contributed by atoms with van der Waals surface area (Å²) in [7, 11) is 0. The fraction of sp³-hybridized carbons (Fsp3) is 0.348. The quantitative estimate of drug-likeness (QED) is 0.311. The highest BCUT2D eigenvalue weighted by atomic mass is 16.4. The Morgan fingerprint density at radius 1 is 1.15 bits per heavy atom. The molecule has 0 aliphatic carbocycles. The maximum Gasteiger partial charge on any atom is 0.303 e. The lowest BCUT2D eigenvalue weighted by molar-refractivity contribution is -0.137. The molecule has 1 aromatic carbocycles. The molecular weight excluding hydrogens is 426 g/mol. The Hall–Kier alpha value is -3.95. The number of carboxylic acids is 1. The van der Waals surface area contributed by atoms with Crippen molar-refractivity contribution in [1.29, 1.82) is 0 Å². The number of amides is 1. The fourth-order valence-corrected chi connectivity index (χ4v) is 3.62. The lowest BCUT2D eigenvalue weighted by Gasteiger charge is -2.19. The first-order valence-corrected chi connectivity index (χ1v) is 10.7. The summed E-state index contributed by atoms with van der Waals surface area (Å²) in [5.74, 6) is -1.93. The second-order valence-electron chi connectivity index (χ2n) is 8.20. The third-order valence-corrected chi connectivity index (χ3v) is 5.41. The molecule has 0 bridgehead atoms. The molecular formula is C23H27N5O5. The van der Waals surface area contributed by atoms with Crippen molar-refractivity contribution in [2.45, 2.75) is 45.6 Å². The van der Waals surface area contributed by atoms with Crippen molar-refractivity contribution in [2.75, 3.05) is 5.73 Å². The number of ketones is 1. The minimum absolute atomic E-state index is 0.0421. The number of H-pyrrole nitrogens is 2. The van der Waals surface area contributed by atoms with Gasteiger partial charge >= 0.3 is 5.97 Å². The Bertz CT molecular complexity index is 1230. The zero-order valence-electron chi connectivity index (χ0n) is 18.5. The summed E-state index contributed by atoms with van der Waals surface area (Å²) in [5.41, 5.74) is 7.85. The number of nitrogens with two attached hydrogens (primary N) is 1. The molecule has 0 aliphatic heterocycles. The molecule has 2 aromatic heterocycles. The number of rotatable bonds is 10. The smallest absolute Gasteiger partial charge is 0.303 e. The molecule has 174 valence electrons. The highest BCUT2D eigenvalue weighted by Crippen LogP contribution is 2.16. The van der Waals surface area contributed by atoms with Crippen LogP contribution in [0.5, 0.6) is 0 Å². The molecule has 1 atom stereocenters. The maximum absolute atomic E-state index is 12.6. The number of aliphatic carboxylic acids is 1. The van der Waals surface area contributed by atoms with Gasteiger partial charge in [-0.15, -0.1) is 0 Å². The molecule has 33 heavy (non-hydrogen) atoms. The number of carbonyl (C=O) groups is 3. The maximum atomic E-state index is 12.6. The minimum atomic E-state index is -1.02. The van der Waals surface area contributed by atoms with E-state index in [1.54, 1.807) is 44.3 Å². The van der Waals surface area contributed by atoms with Crippen molar-refractivity contribution in [3.63, 3.8) is 0 Å². The number of hydrogen-bond donors (Lipinski definition) is 5. The number of aromatic nitrogens is 3. The Balaban J connectivity index is 1.65. The van der Waals surface area contributed by atoms with E-state index >= 15 is 0 Å². The van der Waals surface area contributed by atoms with Crippen molar-refractivity contribution >= 4 is 34.6 Å². The van der Waals surface area contributed by atoms with Gasteiger partial charge in [0.2, 0.25) is 5.95 Å². The molecule has 10 nitrogen and oxygen atoms in total. The van der Waals surface area contributed by atoms with Gasteiger partial charge in [-0.1, -0.05) is 26.0 Å². The highest BCUT2D eigenvalue weighted by Gasteiger charge is 2.24. The summed E-state index contributed by atoms with van der Waals surface area (Å²) in [5, 5.41) is 12.1. The number of aryl methyl sites for hydroxylation is 2. The monoisotopic (exact) mass is 453 g/mol. The minimum Gasteiger partial charge on any atom is -0.481 e. The van der Waals surface area contributed by atoms with Crippen molar-refractivity contribution in [2.24, 2.45) is 5.92 Å². The molecule has 10 heteroatoms. The van der Waals surface area contributed by atoms with Gasteiger partial charge in [-0.05, 0) is 42.5 Å². The van der Waals surface area contributed by atoms with E-state index in [-0.39, 0.29) is 36.1 Å². The molecule has 0 spiro atoms. The summed E-state index contributed by atoms with van der Waals surface area (Å²) in [6, 6.07) is 6.07. The van der Waals surface area contributed by atoms with E-state index in [0.717, 1.165) is 11.1 Å². The third kappa shape index (κ3) is 5.85. The molecule has 6 N–H and O–H groups in total. The van der Waals surface area contributed by atoms with Crippen molar-refractivity contribution < 1.29 is 19.5 Å². The summed E-state index contributed by atoms with van der Waals surface area (Å²) in [6.07, 6.45) is 2.78. The number of nitrogen functional groups attached to an aromatic ring is 1. The molecule has 3 aromatic rings. The van der Waals surface area contributed by atoms with E-state index < -0.39 is 17.9 Å². The van der Waals surface area contributed by atoms with Crippen molar-refractivity contribution in [3.8, 4) is 0 Å². The van der Waals surface area contributed by atoms with Crippen LogP contribution in [0.3, 0.4) is 0 Å². The Morgan fingerprint density at radius 3 is 2.48 bits per heavy atom. The van der Waals surface area contributed by atoms with Gasteiger partial charge in [0.05, 0.1) is 11.4 Å². The SMILES string of the molecule is CC(C)C(=O)[C@H](CCC(=O)O)NC(=O)c1ccc(CCc2c[nH]c3nc(N)[nH]c(=O)c23)cc1. The topological polar surface area (TPSA) is 171 Å². The third-order valence-electron chi connectivity index (χ3n) is 5.41. The van der Waals surface area contributed by atoms with Gasteiger partial charge in [-0.3, -0.25) is 24.2 Å². The zero-order valence-corrected chi connectivity index (χ0v) is 18.5. The molecule has 0 saturated heterocycles. The first kappa shape index (κ1) is 23.7. The Kier molecular flexibility index (Phi) is 7.27. The lowest BCUT2D eigenvalue weighted by Crippen LogP contribution is -2.43. The number of hydrogen-bond acceptors (Lipinski definition) is 6. The van der Waals surface area contributed by atoms with Crippen LogP contribution in [0.1, 0.15) is 48.2 Å². The molecule has 0 saturated carbocycles. The van der Waals surface area contributed by atoms with Crippen LogP contribution < -0.4 is 16.6 Å². The number of nitrogens with one attached hydrogen (secondary N) is 3. The average molecular weight is 453 g/mol. The van der Waals surface area contributed by atoms with Crippen LogP contribution in [0, 0.1) is 5.92 Å². The molecule has 0 aliphatic rings. The number of Topliss-reactive ketones (excluding diaryl/α,β-unsaturated/α-hetero) is 1. The lowest BCUT2D eigenvalue weighted by atomic mass is 9.97. The van der Waals surface area contributed by atoms with Crippen molar-refractivity contribution in [3.05, 3.63) is 57.5 Å². The van der Waals surface area contributed by atoms with Gasteiger partial charge < -0.3 is 21.1 Å². The van der Waals surface area contributed by atoms with Crippen molar-refractivity contribution in [1.82, 2.24) is 20.3 Å². The van der Waals surface area contributed by atoms with Gasteiger partial charge in [0.1, 0.15) is 5.65 Å². The number of fused-ring (bicyclic) bond motifs is 1. The number of aromatic amines is 2. The summed E-state index contributed by atoms with van der Waals surface area (Å²) in [6.45, 7) is 3.42. The van der Waals surface area contributed by atoms with Crippen LogP contribution in [0.2, 0.25) is 0 Å².